The number of rotatable bonds is 4. The van der Waals surface area contributed by atoms with Crippen molar-refractivity contribution in [3.8, 4) is 0 Å². The number of halogens is 1. The highest BCUT2D eigenvalue weighted by Gasteiger charge is 2.06. The van der Waals surface area contributed by atoms with E-state index in [2.05, 4.69) is 25.5 Å². The number of hydrogen-bond donors (Lipinski definition) is 2. The Kier molecular flexibility index (Phi) is 3.58. The molecule has 17 heavy (non-hydrogen) atoms. The van der Waals surface area contributed by atoms with Crippen LogP contribution in [-0.2, 0) is 6.54 Å². The van der Waals surface area contributed by atoms with Crippen molar-refractivity contribution in [2.75, 3.05) is 5.32 Å². The quantitative estimate of drug-likeness (QED) is 0.820. The van der Waals surface area contributed by atoms with Crippen LogP contribution in [0.15, 0.2) is 18.3 Å². The zero-order chi connectivity index (χ0) is 12.3. The summed E-state index contributed by atoms with van der Waals surface area (Å²) >= 11 is 5.94. The van der Waals surface area contributed by atoms with Crippen LogP contribution < -0.4 is 5.32 Å². The summed E-state index contributed by atoms with van der Waals surface area (Å²) in [5.41, 5.74) is 0.992. The first-order valence-corrected chi connectivity index (χ1v) is 5.79. The van der Waals surface area contributed by atoms with Gasteiger partial charge in [0.15, 0.2) is 0 Å². The Labute approximate surface area is 105 Å². The van der Waals surface area contributed by atoms with E-state index in [-0.39, 0.29) is 5.92 Å². The minimum absolute atomic E-state index is 0.251. The maximum Gasteiger partial charge on any atom is 0.135 e. The first kappa shape index (κ1) is 11.9. The fourth-order valence-electron chi connectivity index (χ4n) is 1.35. The van der Waals surface area contributed by atoms with Crippen molar-refractivity contribution in [2.45, 2.75) is 26.3 Å². The molecular weight excluding hydrogens is 238 g/mol. The largest absolute Gasteiger partial charge is 0.364 e. The smallest absolute Gasteiger partial charge is 0.135 e. The monoisotopic (exact) mass is 251 g/mol. The molecular formula is C11H14ClN5. The lowest BCUT2D eigenvalue weighted by Gasteiger charge is -2.08. The SMILES string of the molecule is CC(C)c1nc(Cl)cc(NCc2ccn[nH]2)n1. The summed E-state index contributed by atoms with van der Waals surface area (Å²) in [4.78, 5) is 8.56. The third kappa shape index (κ3) is 3.17. The van der Waals surface area contributed by atoms with E-state index in [9.17, 15) is 0 Å². The molecule has 0 atom stereocenters. The van der Waals surface area contributed by atoms with E-state index >= 15 is 0 Å². The third-order valence-electron chi connectivity index (χ3n) is 2.25. The molecule has 0 aliphatic heterocycles. The Balaban J connectivity index is 2.10. The van der Waals surface area contributed by atoms with Crippen LogP contribution in [0.2, 0.25) is 5.15 Å². The lowest BCUT2D eigenvalue weighted by molar-refractivity contribution is 0.774. The Hall–Kier alpha value is -1.62. The molecule has 0 aliphatic rings. The molecule has 0 spiro atoms. The van der Waals surface area contributed by atoms with Crippen LogP contribution in [0.3, 0.4) is 0 Å². The molecule has 2 aromatic heterocycles. The Bertz CT molecular complexity index is 481. The third-order valence-corrected chi connectivity index (χ3v) is 2.44. The van der Waals surface area contributed by atoms with Crippen molar-refractivity contribution < 1.29 is 0 Å². The van der Waals surface area contributed by atoms with Gasteiger partial charge in [0.05, 0.1) is 12.2 Å². The normalized spacial score (nSPS) is 10.8. The summed E-state index contributed by atoms with van der Waals surface area (Å²) in [7, 11) is 0. The van der Waals surface area contributed by atoms with Crippen LogP contribution in [0.5, 0.6) is 0 Å². The maximum atomic E-state index is 5.94. The van der Waals surface area contributed by atoms with Gasteiger partial charge in [0.2, 0.25) is 0 Å². The standard InChI is InChI=1S/C11H14ClN5/c1-7(2)11-15-9(12)5-10(16-11)13-6-8-3-4-14-17-8/h3-5,7H,6H2,1-2H3,(H,14,17)(H,13,15,16). The minimum atomic E-state index is 0.251. The highest BCUT2D eigenvalue weighted by molar-refractivity contribution is 6.29. The van der Waals surface area contributed by atoms with Gasteiger partial charge in [-0.2, -0.15) is 5.10 Å². The maximum absolute atomic E-state index is 5.94. The highest BCUT2D eigenvalue weighted by Crippen LogP contribution is 2.17. The fourth-order valence-corrected chi connectivity index (χ4v) is 1.54. The van der Waals surface area contributed by atoms with Crippen molar-refractivity contribution in [2.24, 2.45) is 0 Å². The molecule has 0 radical (unpaired) electrons. The van der Waals surface area contributed by atoms with Crippen LogP contribution in [0.4, 0.5) is 5.82 Å². The Morgan fingerprint density at radius 3 is 2.88 bits per heavy atom. The van der Waals surface area contributed by atoms with E-state index in [0.717, 1.165) is 17.3 Å². The summed E-state index contributed by atoms with van der Waals surface area (Å²) in [5.74, 6) is 1.72. The number of aromatic nitrogens is 4. The summed E-state index contributed by atoms with van der Waals surface area (Å²) in [6.07, 6.45) is 1.71. The van der Waals surface area contributed by atoms with Crippen LogP contribution >= 0.6 is 11.6 Å². The van der Waals surface area contributed by atoms with E-state index in [0.29, 0.717) is 11.7 Å². The second-order valence-corrected chi connectivity index (χ2v) is 4.41. The van der Waals surface area contributed by atoms with E-state index in [1.807, 2.05) is 19.9 Å². The number of aromatic amines is 1. The molecule has 0 saturated heterocycles. The van der Waals surface area contributed by atoms with Crippen LogP contribution in [0.1, 0.15) is 31.3 Å². The molecule has 2 aromatic rings. The topological polar surface area (TPSA) is 66.5 Å². The lowest BCUT2D eigenvalue weighted by Crippen LogP contribution is -2.05. The Morgan fingerprint density at radius 1 is 1.41 bits per heavy atom. The van der Waals surface area contributed by atoms with Gasteiger partial charge in [-0.25, -0.2) is 9.97 Å². The molecule has 2 heterocycles. The van der Waals surface area contributed by atoms with Gasteiger partial charge in [-0.3, -0.25) is 5.10 Å². The van der Waals surface area contributed by atoms with Gasteiger partial charge in [0.25, 0.3) is 0 Å². The number of nitrogens with one attached hydrogen (secondary N) is 2. The molecule has 0 saturated carbocycles. The molecule has 0 bridgehead atoms. The molecule has 6 heteroatoms. The molecule has 0 aromatic carbocycles. The van der Waals surface area contributed by atoms with Crippen LogP contribution in [0, 0.1) is 0 Å². The van der Waals surface area contributed by atoms with E-state index < -0.39 is 0 Å². The van der Waals surface area contributed by atoms with Crippen molar-refractivity contribution in [3.05, 3.63) is 35.0 Å². The van der Waals surface area contributed by atoms with Gasteiger partial charge in [-0.05, 0) is 6.07 Å². The van der Waals surface area contributed by atoms with E-state index in [1.54, 1.807) is 12.3 Å². The summed E-state index contributed by atoms with van der Waals surface area (Å²) in [6.45, 7) is 4.69. The van der Waals surface area contributed by atoms with Gasteiger partial charge in [0, 0.05) is 18.2 Å². The zero-order valence-electron chi connectivity index (χ0n) is 9.74. The average molecular weight is 252 g/mol. The second-order valence-electron chi connectivity index (χ2n) is 4.02. The zero-order valence-corrected chi connectivity index (χ0v) is 10.5. The highest BCUT2D eigenvalue weighted by atomic mass is 35.5. The summed E-state index contributed by atoms with van der Waals surface area (Å²) < 4.78 is 0. The second kappa shape index (κ2) is 5.14. The molecule has 90 valence electrons. The first-order chi connectivity index (χ1) is 8.15. The molecule has 2 N–H and O–H groups in total. The van der Waals surface area contributed by atoms with E-state index in [1.165, 1.54) is 0 Å². The molecule has 2 rings (SSSR count). The van der Waals surface area contributed by atoms with Gasteiger partial charge in [-0.1, -0.05) is 25.4 Å². The predicted octanol–water partition coefficient (Wildman–Crippen LogP) is 2.59. The van der Waals surface area contributed by atoms with Crippen molar-refractivity contribution in [1.82, 2.24) is 20.2 Å². The number of H-pyrrole nitrogens is 1. The van der Waals surface area contributed by atoms with Crippen molar-refractivity contribution in [1.29, 1.82) is 0 Å². The van der Waals surface area contributed by atoms with Crippen molar-refractivity contribution in [3.63, 3.8) is 0 Å². The molecule has 0 fully saturated rings. The van der Waals surface area contributed by atoms with Crippen LogP contribution in [-0.4, -0.2) is 20.2 Å². The molecule has 0 aliphatic carbocycles. The number of hydrogen-bond acceptors (Lipinski definition) is 4. The molecule has 5 nitrogen and oxygen atoms in total. The van der Waals surface area contributed by atoms with Crippen LogP contribution in [0.25, 0.3) is 0 Å². The Morgan fingerprint density at radius 2 is 2.24 bits per heavy atom. The molecule has 0 amide bonds. The lowest BCUT2D eigenvalue weighted by atomic mass is 10.2. The first-order valence-electron chi connectivity index (χ1n) is 5.42. The summed E-state index contributed by atoms with van der Waals surface area (Å²) in [6, 6.07) is 3.61. The van der Waals surface area contributed by atoms with E-state index in [4.69, 9.17) is 11.6 Å². The predicted molar refractivity (Wildman–Crippen MR) is 67.0 cm³/mol. The fraction of sp³-hybridized carbons (Fsp3) is 0.364. The van der Waals surface area contributed by atoms with Gasteiger partial charge in [0.1, 0.15) is 16.8 Å². The van der Waals surface area contributed by atoms with Gasteiger partial charge >= 0.3 is 0 Å². The number of nitrogens with zero attached hydrogens (tertiary/aromatic N) is 3. The molecule has 0 unspecified atom stereocenters. The van der Waals surface area contributed by atoms with Gasteiger partial charge < -0.3 is 5.32 Å². The van der Waals surface area contributed by atoms with Crippen molar-refractivity contribution >= 4 is 17.4 Å². The average Bonchev–Trinajstić information content (AvgIpc) is 2.78. The number of anilines is 1. The van der Waals surface area contributed by atoms with Gasteiger partial charge in [-0.15, -0.1) is 0 Å². The minimum Gasteiger partial charge on any atom is -0.364 e. The summed E-state index contributed by atoms with van der Waals surface area (Å²) in [5, 5.41) is 10.4.